The highest BCUT2D eigenvalue weighted by molar-refractivity contribution is 7.71. The number of hydrogen-bond donors (Lipinski definition) is 1. The maximum absolute atomic E-state index is 6.42. The van der Waals surface area contributed by atoms with E-state index in [4.69, 9.17) is 51.8 Å². The standard InChI is InChI=1S/C17H12Cl3N3OS/c18-12-7-6-11(13(19)14(12)20)15-17(24-15,10-4-2-1-3-5-10)8-23-16(25)21-9-22-23/h1-7,9,15H,8H2,(H,21,22,25)/t15-,17-/m1/s1. The highest BCUT2D eigenvalue weighted by Gasteiger charge is 2.59. The van der Waals surface area contributed by atoms with Gasteiger partial charge in [-0.15, -0.1) is 0 Å². The number of epoxide rings is 1. The van der Waals surface area contributed by atoms with Crippen LogP contribution < -0.4 is 0 Å². The van der Waals surface area contributed by atoms with Crippen LogP contribution in [-0.4, -0.2) is 14.8 Å². The Kier molecular flexibility index (Phi) is 4.38. The van der Waals surface area contributed by atoms with Crippen LogP contribution in [0.1, 0.15) is 17.2 Å². The summed E-state index contributed by atoms with van der Waals surface area (Å²) in [4.78, 5) is 4.07. The molecule has 0 saturated carbocycles. The van der Waals surface area contributed by atoms with Crippen LogP contribution in [0.25, 0.3) is 0 Å². The number of hydrogen-bond acceptors (Lipinski definition) is 3. The SMILES string of the molecule is S=c1nc[nH]n1C[C@]1(c2ccccc2)O[C@@H]1c1ccc(Cl)c(Cl)c1Cl. The van der Waals surface area contributed by atoms with Crippen LogP contribution in [0.2, 0.25) is 15.1 Å². The lowest BCUT2D eigenvalue weighted by Gasteiger charge is -2.15. The van der Waals surface area contributed by atoms with Gasteiger partial charge in [0, 0.05) is 5.56 Å². The Morgan fingerprint density at radius 1 is 1.12 bits per heavy atom. The lowest BCUT2D eigenvalue weighted by Crippen LogP contribution is -2.20. The van der Waals surface area contributed by atoms with Crippen molar-refractivity contribution in [2.45, 2.75) is 18.2 Å². The summed E-state index contributed by atoms with van der Waals surface area (Å²) in [7, 11) is 0. The molecule has 0 unspecified atom stereocenters. The number of benzene rings is 2. The minimum atomic E-state index is -0.604. The molecule has 0 radical (unpaired) electrons. The van der Waals surface area contributed by atoms with Gasteiger partial charge < -0.3 is 4.74 Å². The largest absolute Gasteiger partial charge is 0.354 e. The molecule has 8 heteroatoms. The van der Waals surface area contributed by atoms with E-state index in [-0.39, 0.29) is 6.10 Å². The number of aromatic nitrogens is 3. The Morgan fingerprint density at radius 2 is 1.88 bits per heavy atom. The molecule has 1 aliphatic rings. The highest BCUT2D eigenvalue weighted by atomic mass is 35.5. The molecule has 1 aromatic heterocycles. The van der Waals surface area contributed by atoms with Gasteiger partial charge in [-0.25, -0.2) is 4.98 Å². The third kappa shape index (κ3) is 2.90. The lowest BCUT2D eigenvalue weighted by atomic mass is 9.91. The number of H-pyrrole nitrogens is 1. The normalized spacial score (nSPS) is 22.1. The summed E-state index contributed by atoms with van der Waals surface area (Å²) in [5.41, 5.74) is 1.22. The monoisotopic (exact) mass is 411 g/mol. The van der Waals surface area contributed by atoms with E-state index >= 15 is 0 Å². The second-order valence-corrected chi connectivity index (χ2v) is 7.30. The average Bonchev–Trinajstić information content (AvgIpc) is 3.21. The first-order valence-corrected chi connectivity index (χ1v) is 9.04. The van der Waals surface area contributed by atoms with E-state index in [1.54, 1.807) is 17.1 Å². The number of nitrogens with zero attached hydrogens (tertiary/aromatic N) is 2. The zero-order chi connectivity index (χ0) is 17.6. The van der Waals surface area contributed by atoms with Crippen molar-refractivity contribution in [1.29, 1.82) is 0 Å². The number of rotatable bonds is 4. The van der Waals surface area contributed by atoms with E-state index < -0.39 is 5.60 Å². The predicted octanol–water partition coefficient (Wildman–Crippen LogP) is 5.57. The quantitative estimate of drug-likeness (QED) is 0.346. The first-order chi connectivity index (χ1) is 12.0. The molecule has 0 amide bonds. The molecule has 2 atom stereocenters. The Labute approximate surface area is 164 Å². The molecule has 128 valence electrons. The number of nitrogens with one attached hydrogen (secondary N) is 1. The molecule has 0 bridgehead atoms. The Hall–Kier alpha value is -1.37. The fourth-order valence-corrected chi connectivity index (χ4v) is 3.82. The molecule has 2 heterocycles. The zero-order valence-corrected chi connectivity index (χ0v) is 15.8. The number of halogens is 3. The first kappa shape index (κ1) is 17.1. The van der Waals surface area contributed by atoms with Crippen molar-refractivity contribution in [2.24, 2.45) is 0 Å². The summed E-state index contributed by atoms with van der Waals surface area (Å²) in [6.45, 7) is 0.483. The Bertz CT molecular complexity index is 988. The van der Waals surface area contributed by atoms with E-state index in [1.807, 2.05) is 36.4 Å². The maximum atomic E-state index is 6.42. The van der Waals surface area contributed by atoms with Gasteiger partial charge in [-0.05, 0) is 23.8 Å². The Balaban J connectivity index is 1.79. The van der Waals surface area contributed by atoms with Crippen molar-refractivity contribution >= 4 is 47.0 Å². The van der Waals surface area contributed by atoms with Crippen LogP contribution in [0.3, 0.4) is 0 Å². The van der Waals surface area contributed by atoms with Gasteiger partial charge in [0.2, 0.25) is 4.77 Å². The third-order valence-electron chi connectivity index (χ3n) is 4.32. The van der Waals surface area contributed by atoms with Crippen molar-refractivity contribution in [3.63, 3.8) is 0 Å². The molecular weight excluding hydrogens is 401 g/mol. The van der Waals surface area contributed by atoms with E-state index in [0.29, 0.717) is 26.4 Å². The van der Waals surface area contributed by atoms with E-state index in [2.05, 4.69) is 10.1 Å². The van der Waals surface area contributed by atoms with Crippen LogP contribution in [0.5, 0.6) is 0 Å². The van der Waals surface area contributed by atoms with Gasteiger partial charge in [0.05, 0.1) is 21.6 Å². The summed E-state index contributed by atoms with van der Waals surface area (Å²) >= 11 is 23.9. The first-order valence-electron chi connectivity index (χ1n) is 7.50. The smallest absolute Gasteiger partial charge is 0.215 e. The fraction of sp³-hybridized carbons (Fsp3) is 0.176. The van der Waals surface area contributed by atoms with Gasteiger partial charge in [-0.3, -0.25) is 9.78 Å². The summed E-state index contributed by atoms with van der Waals surface area (Å²) in [6.07, 6.45) is 1.30. The summed E-state index contributed by atoms with van der Waals surface area (Å²) in [5, 5.41) is 4.17. The average molecular weight is 413 g/mol. The van der Waals surface area contributed by atoms with Crippen LogP contribution in [0, 0.1) is 4.77 Å². The van der Waals surface area contributed by atoms with Crippen molar-refractivity contribution in [2.75, 3.05) is 0 Å². The molecule has 4 nitrogen and oxygen atoms in total. The van der Waals surface area contributed by atoms with E-state index in [0.717, 1.165) is 11.1 Å². The highest BCUT2D eigenvalue weighted by Crippen LogP contribution is 2.60. The minimum absolute atomic E-state index is 0.262. The molecular formula is C17H12Cl3N3OS. The van der Waals surface area contributed by atoms with Crippen molar-refractivity contribution < 1.29 is 4.74 Å². The molecule has 4 rings (SSSR count). The zero-order valence-electron chi connectivity index (χ0n) is 12.7. The lowest BCUT2D eigenvalue weighted by molar-refractivity contribution is 0.261. The molecule has 1 aliphatic heterocycles. The van der Waals surface area contributed by atoms with Gasteiger partial charge in [-0.2, -0.15) is 0 Å². The summed E-state index contributed by atoms with van der Waals surface area (Å²) in [6, 6.07) is 13.5. The second kappa shape index (κ2) is 6.41. The van der Waals surface area contributed by atoms with E-state index in [1.165, 1.54) is 0 Å². The van der Waals surface area contributed by atoms with Crippen LogP contribution in [-0.2, 0) is 16.9 Å². The summed E-state index contributed by atoms with van der Waals surface area (Å²) < 4.78 is 8.41. The van der Waals surface area contributed by atoms with E-state index in [9.17, 15) is 0 Å². The molecule has 3 aromatic rings. The Morgan fingerprint density at radius 3 is 2.56 bits per heavy atom. The minimum Gasteiger partial charge on any atom is -0.354 e. The number of aromatic amines is 1. The topological polar surface area (TPSA) is 46.1 Å². The second-order valence-electron chi connectivity index (χ2n) is 5.77. The third-order valence-corrected chi connectivity index (χ3v) is 5.95. The molecule has 1 saturated heterocycles. The molecule has 2 aromatic carbocycles. The fourth-order valence-electron chi connectivity index (χ4n) is 3.01. The van der Waals surface area contributed by atoms with Gasteiger partial charge >= 0.3 is 0 Å². The van der Waals surface area contributed by atoms with Crippen molar-refractivity contribution in [3.8, 4) is 0 Å². The number of ether oxygens (including phenoxy) is 1. The van der Waals surface area contributed by atoms with Crippen LogP contribution in [0.4, 0.5) is 0 Å². The molecule has 1 fully saturated rings. The van der Waals surface area contributed by atoms with Crippen LogP contribution >= 0.6 is 47.0 Å². The molecule has 25 heavy (non-hydrogen) atoms. The molecule has 0 aliphatic carbocycles. The van der Waals surface area contributed by atoms with Crippen LogP contribution in [0.15, 0.2) is 48.8 Å². The molecule has 0 spiro atoms. The molecule has 1 N–H and O–H groups in total. The van der Waals surface area contributed by atoms with Gasteiger partial charge in [0.1, 0.15) is 18.0 Å². The predicted molar refractivity (Wildman–Crippen MR) is 101 cm³/mol. The van der Waals surface area contributed by atoms with Gasteiger partial charge in [-0.1, -0.05) is 71.2 Å². The van der Waals surface area contributed by atoms with Gasteiger partial charge in [0.25, 0.3) is 0 Å². The van der Waals surface area contributed by atoms with Gasteiger partial charge in [0.15, 0.2) is 0 Å². The maximum Gasteiger partial charge on any atom is 0.215 e. The van der Waals surface area contributed by atoms with Crippen molar-refractivity contribution in [3.05, 3.63) is 79.8 Å². The summed E-state index contributed by atoms with van der Waals surface area (Å²) in [5.74, 6) is 0. The van der Waals surface area contributed by atoms with Crippen molar-refractivity contribution in [1.82, 2.24) is 14.8 Å².